The van der Waals surface area contributed by atoms with Crippen LogP contribution in [0.25, 0.3) is 0 Å². The third-order valence-electron chi connectivity index (χ3n) is 3.95. The first kappa shape index (κ1) is 21.4. The van der Waals surface area contributed by atoms with Crippen LogP contribution in [-0.2, 0) is 14.8 Å². The number of benzene rings is 2. The average molecular weight is 457 g/mol. The second kappa shape index (κ2) is 8.83. The molecule has 0 aliphatic heterocycles. The zero-order valence-electron chi connectivity index (χ0n) is 15.1. The number of carbonyl (C=O) groups is 1. The molecule has 0 radical (unpaired) electrons. The van der Waals surface area contributed by atoms with Crippen molar-refractivity contribution in [2.45, 2.75) is 24.8 Å². The summed E-state index contributed by atoms with van der Waals surface area (Å²) < 4.78 is 33.2. The molecule has 0 spiro atoms. The van der Waals surface area contributed by atoms with Crippen LogP contribution < -0.4 is 10.2 Å². The maximum atomic E-state index is 12.8. The zero-order valence-corrected chi connectivity index (χ0v) is 17.5. The highest BCUT2D eigenvalue weighted by atomic mass is 79.9. The van der Waals surface area contributed by atoms with E-state index in [4.69, 9.17) is 9.94 Å². The first-order valence-corrected chi connectivity index (χ1v) is 10.4. The van der Waals surface area contributed by atoms with Crippen LogP contribution in [0.5, 0.6) is 11.5 Å². The first-order valence-electron chi connectivity index (χ1n) is 8.12. The second-order valence-electron chi connectivity index (χ2n) is 6.21. The van der Waals surface area contributed by atoms with E-state index in [1.54, 1.807) is 38.1 Å². The van der Waals surface area contributed by atoms with Crippen LogP contribution in [0.3, 0.4) is 0 Å². The lowest BCUT2D eigenvalue weighted by Gasteiger charge is -2.28. The maximum Gasteiger partial charge on any atom is 0.262 e. The molecule has 0 aromatic heterocycles. The quantitative estimate of drug-likeness (QED) is 0.491. The van der Waals surface area contributed by atoms with Crippen molar-refractivity contribution < 1.29 is 23.2 Å². The Hall–Kier alpha value is -1.94. The van der Waals surface area contributed by atoms with Gasteiger partial charge in [-0.2, -0.15) is 4.31 Å². The summed E-state index contributed by atoms with van der Waals surface area (Å²) in [7, 11) is -2.63. The van der Waals surface area contributed by atoms with Gasteiger partial charge in [0.1, 0.15) is 17.5 Å². The number of rotatable bonds is 7. The fourth-order valence-electron chi connectivity index (χ4n) is 2.59. The molecule has 0 bridgehead atoms. The molecule has 0 fully saturated rings. The predicted molar refractivity (Wildman–Crippen MR) is 104 cm³/mol. The molecule has 9 heteroatoms. The number of hydrogen-bond donors (Lipinski definition) is 2. The molecule has 7 nitrogen and oxygen atoms in total. The third kappa shape index (κ3) is 5.07. The van der Waals surface area contributed by atoms with Crippen molar-refractivity contribution >= 4 is 31.9 Å². The molecule has 1 amide bonds. The average Bonchev–Trinajstić information content (AvgIpc) is 2.63. The Morgan fingerprint density at radius 3 is 2.00 bits per heavy atom. The fourth-order valence-corrected chi connectivity index (χ4v) is 4.30. The highest BCUT2D eigenvalue weighted by Gasteiger charge is 2.34. The number of amides is 1. The number of ether oxygens (including phenoxy) is 1. The molecule has 0 unspecified atom stereocenters. The normalized spacial score (nSPS) is 12.9. The van der Waals surface area contributed by atoms with Gasteiger partial charge < -0.3 is 4.74 Å². The van der Waals surface area contributed by atoms with Crippen LogP contribution in [0.2, 0.25) is 0 Å². The molecule has 0 heterocycles. The van der Waals surface area contributed by atoms with Crippen molar-refractivity contribution in [1.82, 2.24) is 9.79 Å². The Bertz CT molecular complexity index is 883. The van der Waals surface area contributed by atoms with Crippen LogP contribution in [0.15, 0.2) is 57.9 Å². The lowest BCUT2D eigenvalue weighted by atomic mass is 10.0. The molecule has 146 valence electrons. The van der Waals surface area contributed by atoms with E-state index in [9.17, 15) is 13.2 Å². The van der Waals surface area contributed by atoms with Crippen LogP contribution in [0.1, 0.15) is 13.8 Å². The van der Waals surface area contributed by atoms with Gasteiger partial charge in [0.2, 0.25) is 10.0 Å². The van der Waals surface area contributed by atoms with Crippen LogP contribution in [0, 0.1) is 5.92 Å². The van der Waals surface area contributed by atoms with E-state index in [1.165, 1.54) is 24.7 Å². The summed E-state index contributed by atoms with van der Waals surface area (Å²) in [5.41, 5.74) is 1.52. The molecule has 1 atom stereocenters. The molecule has 2 N–H and O–H groups in total. The van der Waals surface area contributed by atoms with Crippen LogP contribution in [0.4, 0.5) is 0 Å². The SMILES string of the molecule is CC(C)[C@H](C(=O)NO)N(C)S(=O)(=O)c1ccc(Oc2ccc(Br)cc2)cc1. The summed E-state index contributed by atoms with van der Waals surface area (Å²) in [6, 6.07) is 12.1. The van der Waals surface area contributed by atoms with Crippen molar-refractivity contribution in [3.05, 3.63) is 53.0 Å². The van der Waals surface area contributed by atoms with Gasteiger partial charge in [-0.3, -0.25) is 10.0 Å². The van der Waals surface area contributed by atoms with Crippen molar-refractivity contribution in [2.24, 2.45) is 5.92 Å². The van der Waals surface area contributed by atoms with Crippen LogP contribution >= 0.6 is 15.9 Å². The van der Waals surface area contributed by atoms with Crippen molar-refractivity contribution in [3.63, 3.8) is 0 Å². The van der Waals surface area contributed by atoms with Gasteiger partial charge >= 0.3 is 0 Å². The first-order chi connectivity index (χ1) is 12.7. The standard InChI is InChI=1S/C18H21BrN2O5S/c1-12(2)17(18(22)20-23)21(3)27(24,25)16-10-8-15(9-11-16)26-14-6-4-13(19)5-7-14/h4-12,17,23H,1-3H3,(H,20,22)/t17-/m1/s1. The predicted octanol–water partition coefficient (Wildman–Crippen LogP) is 3.39. The molecular formula is C18H21BrN2O5S. The Kier molecular flexibility index (Phi) is 6.99. The minimum absolute atomic E-state index is 0.0181. The maximum absolute atomic E-state index is 12.8. The molecule has 0 aliphatic carbocycles. The monoisotopic (exact) mass is 456 g/mol. The smallest absolute Gasteiger partial charge is 0.262 e. The van der Waals surface area contributed by atoms with Gasteiger partial charge in [0.15, 0.2) is 0 Å². The molecule has 0 saturated carbocycles. The zero-order chi connectivity index (χ0) is 20.2. The molecular weight excluding hydrogens is 436 g/mol. The summed E-state index contributed by atoms with van der Waals surface area (Å²) in [4.78, 5) is 11.9. The summed E-state index contributed by atoms with van der Waals surface area (Å²) in [6.07, 6.45) is 0. The summed E-state index contributed by atoms with van der Waals surface area (Å²) in [5.74, 6) is -0.0268. The summed E-state index contributed by atoms with van der Waals surface area (Å²) in [5, 5.41) is 8.89. The Labute approximate surface area is 167 Å². The Morgan fingerprint density at radius 1 is 1.07 bits per heavy atom. The topological polar surface area (TPSA) is 95.9 Å². The molecule has 2 rings (SSSR count). The van der Waals surface area contributed by atoms with E-state index in [2.05, 4.69) is 15.9 Å². The second-order valence-corrected chi connectivity index (χ2v) is 9.13. The van der Waals surface area contributed by atoms with Crippen LogP contribution in [-0.4, -0.2) is 36.9 Å². The largest absolute Gasteiger partial charge is 0.457 e. The van der Waals surface area contributed by atoms with Gasteiger partial charge in [0.05, 0.1) is 4.90 Å². The van der Waals surface area contributed by atoms with E-state index >= 15 is 0 Å². The van der Waals surface area contributed by atoms with E-state index < -0.39 is 22.0 Å². The van der Waals surface area contributed by atoms with E-state index in [0.717, 1.165) is 8.78 Å². The highest BCUT2D eigenvalue weighted by molar-refractivity contribution is 9.10. The molecule has 0 aliphatic rings. The minimum Gasteiger partial charge on any atom is -0.457 e. The third-order valence-corrected chi connectivity index (χ3v) is 6.33. The van der Waals surface area contributed by atoms with E-state index in [-0.39, 0.29) is 10.8 Å². The number of nitrogens with zero attached hydrogens (tertiary/aromatic N) is 1. The number of hydroxylamine groups is 1. The van der Waals surface area contributed by atoms with Gasteiger partial charge in [-0.1, -0.05) is 29.8 Å². The lowest BCUT2D eigenvalue weighted by Crippen LogP contribution is -2.49. The fraction of sp³-hybridized carbons (Fsp3) is 0.278. The van der Waals surface area contributed by atoms with Gasteiger partial charge in [-0.05, 0) is 54.4 Å². The van der Waals surface area contributed by atoms with Gasteiger partial charge in [-0.25, -0.2) is 13.9 Å². The van der Waals surface area contributed by atoms with Gasteiger partial charge in [-0.15, -0.1) is 0 Å². The Balaban J connectivity index is 2.23. The lowest BCUT2D eigenvalue weighted by molar-refractivity contribution is -0.134. The number of nitrogens with one attached hydrogen (secondary N) is 1. The molecule has 2 aromatic rings. The minimum atomic E-state index is -3.93. The Morgan fingerprint density at radius 2 is 1.56 bits per heavy atom. The van der Waals surface area contributed by atoms with Crippen molar-refractivity contribution in [3.8, 4) is 11.5 Å². The summed E-state index contributed by atoms with van der Waals surface area (Å²) in [6.45, 7) is 3.39. The molecule has 27 heavy (non-hydrogen) atoms. The van der Waals surface area contributed by atoms with E-state index in [0.29, 0.717) is 11.5 Å². The summed E-state index contributed by atoms with van der Waals surface area (Å²) >= 11 is 3.34. The number of sulfonamides is 1. The number of halogens is 1. The molecule has 2 aromatic carbocycles. The highest BCUT2D eigenvalue weighted by Crippen LogP contribution is 2.26. The van der Waals surface area contributed by atoms with Gasteiger partial charge in [0, 0.05) is 11.5 Å². The number of likely N-dealkylation sites (N-methyl/N-ethyl adjacent to an activating group) is 1. The van der Waals surface area contributed by atoms with E-state index in [1.807, 2.05) is 12.1 Å². The number of carbonyl (C=O) groups excluding carboxylic acids is 1. The van der Waals surface area contributed by atoms with Crippen molar-refractivity contribution in [1.29, 1.82) is 0 Å². The van der Waals surface area contributed by atoms with Gasteiger partial charge in [0.25, 0.3) is 5.91 Å². The van der Waals surface area contributed by atoms with Crippen molar-refractivity contribution in [2.75, 3.05) is 7.05 Å². The molecule has 0 saturated heterocycles. The number of hydrogen-bond acceptors (Lipinski definition) is 5.